The molecule has 1 amide bonds. The van der Waals surface area contributed by atoms with Gasteiger partial charge < -0.3 is 19.3 Å². The summed E-state index contributed by atoms with van der Waals surface area (Å²) in [4.78, 5) is 28.3. The third-order valence-electron chi connectivity index (χ3n) is 4.06. The Morgan fingerprint density at radius 2 is 1.96 bits per heavy atom. The van der Waals surface area contributed by atoms with Crippen LogP contribution >= 0.6 is 0 Å². The molecule has 0 aliphatic carbocycles. The fourth-order valence-corrected chi connectivity index (χ4v) is 2.94. The smallest absolute Gasteiger partial charge is 0.410 e. The maximum Gasteiger partial charge on any atom is 0.410 e. The molecule has 1 aliphatic rings. The summed E-state index contributed by atoms with van der Waals surface area (Å²) in [6.07, 6.45) is -0.456. The number of esters is 1. The molecule has 0 N–H and O–H groups in total. The van der Waals surface area contributed by atoms with Crippen molar-refractivity contribution in [2.75, 3.05) is 31.1 Å². The lowest BCUT2D eigenvalue weighted by molar-refractivity contribution is -0.145. The second-order valence-corrected chi connectivity index (χ2v) is 7.32. The maximum atomic E-state index is 13.4. The van der Waals surface area contributed by atoms with Gasteiger partial charge in [0.15, 0.2) is 0 Å². The molecule has 1 aliphatic heterocycles. The Hall–Kier alpha value is -2.31. The van der Waals surface area contributed by atoms with Gasteiger partial charge in [-0.3, -0.25) is 0 Å². The zero-order valence-corrected chi connectivity index (χ0v) is 16.0. The van der Waals surface area contributed by atoms with E-state index in [1.54, 1.807) is 40.7 Å². The number of halogens is 1. The molecule has 6 nitrogen and oxygen atoms in total. The average molecular weight is 366 g/mol. The van der Waals surface area contributed by atoms with Crippen LogP contribution in [0.5, 0.6) is 0 Å². The van der Waals surface area contributed by atoms with E-state index in [-0.39, 0.29) is 19.0 Å². The van der Waals surface area contributed by atoms with E-state index in [9.17, 15) is 14.0 Å². The first-order valence-corrected chi connectivity index (χ1v) is 8.79. The van der Waals surface area contributed by atoms with Gasteiger partial charge in [0.05, 0.1) is 13.2 Å². The van der Waals surface area contributed by atoms with Gasteiger partial charge in [-0.05, 0) is 58.4 Å². The SMILES string of the molecule is CCOC(=O)C1CN(C(=O)OC(C)(C)C)CCN1c1ccc(F)cc1C. The van der Waals surface area contributed by atoms with Gasteiger partial charge in [0.1, 0.15) is 17.5 Å². The minimum atomic E-state index is -0.666. The Balaban J connectivity index is 2.25. The Kier molecular flexibility index (Phi) is 6.10. The Bertz CT molecular complexity index is 672. The van der Waals surface area contributed by atoms with E-state index in [0.717, 1.165) is 11.3 Å². The van der Waals surface area contributed by atoms with Crippen molar-refractivity contribution in [1.82, 2.24) is 4.90 Å². The first kappa shape index (κ1) is 20.0. The number of ether oxygens (including phenoxy) is 2. The van der Waals surface area contributed by atoms with Crippen molar-refractivity contribution in [2.45, 2.75) is 46.3 Å². The lowest BCUT2D eigenvalue weighted by atomic mass is 10.1. The van der Waals surface area contributed by atoms with Crippen molar-refractivity contribution in [2.24, 2.45) is 0 Å². The summed E-state index contributed by atoms with van der Waals surface area (Å²) in [5.41, 5.74) is 0.875. The van der Waals surface area contributed by atoms with Gasteiger partial charge in [-0.1, -0.05) is 0 Å². The van der Waals surface area contributed by atoms with Crippen LogP contribution < -0.4 is 4.90 Å². The Morgan fingerprint density at radius 3 is 2.54 bits per heavy atom. The van der Waals surface area contributed by atoms with Crippen LogP contribution in [0.15, 0.2) is 18.2 Å². The summed E-state index contributed by atoms with van der Waals surface area (Å²) in [5, 5.41) is 0. The monoisotopic (exact) mass is 366 g/mol. The summed E-state index contributed by atoms with van der Waals surface area (Å²) >= 11 is 0. The molecule has 7 heteroatoms. The van der Waals surface area contributed by atoms with Crippen LogP contribution in [-0.4, -0.2) is 54.8 Å². The quantitative estimate of drug-likeness (QED) is 0.770. The lowest BCUT2D eigenvalue weighted by Crippen LogP contribution is -2.59. The van der Waals surface area contributed by atoms with E-state index < -0.39 is 23.7 Å². The zero-order chi connectivity index (χ0) is 19.5. The minimum absolute atomic E-state index is 0.157. The molecule has 1 aromatic carbocycles. The summed E-state index contributed by atoms with van der Waals surface area (Å²) in [6, 6.07) is 3.78. The molecule has 1 atom stereocenters. The van der Waals surface area contributed by atoms with Crippen molar-refractivity contribution in [3.05, 3.63) is 29.6 Å². The Labute approximate surface area is 153 Å². The van der Waals surface area contributed by atoms with Crippen molar-refractivity contribution in [3.63, 3.8) is 0 Å². The molecule has 0 bridgehead atoms. The fraction of sp³-hybridized carbons (Fsp3) is 0.579. The number of nitrogens with zero attached hydrogens (tertiary/aromatic N) is 2. The fourth-order valence-electron chi connectivity index (χ4n) is 2.94. The number of benzene rings is 1. The molecule has 0 saturated carbocycles. The van der Waals surface area contributed by atoms with E-state index in [1.165, 1.54) is 17.0 Å². The minimum Gasteiger partial charge on any atom is -0.464 e. The molecular formula is C19H27FN2O4. The first-order chi connectivity index (χ1) is 12.1. The van der Waals surface area contributed by atoms with Crippen molar-refractivity contribution in [3.8, 4) is 0 Å². The Morgan fingerprint density at radius 1 is 1.27 bits per heavy atom. The number of rotatable bonds is 3. The van der Waals surface area contributed by atoms with Crippen LogP contribution in [0.1, 0.15) is 33.3 Å². The standard InChI is InChI=1S/C19H27FN2O4/c1-6-25-17(23)16-12-21(18(24)26-19(3,4)5)9-10-22(16)15-8-7-14(20)11-13(15)2/h7-8,11,16H,6,9-10,12H2,1-5H3. The molecule has 0 radical (unpaired) electrons. The highest BCUT2D eigenvalue weighted by Gasteiger charge is 2.37. The highest BCUT2D eigenvalue weighted by Crippen LogP contribution is 2.26. The number of aryl methyl sites for hydroxylation is 1. The predicted octanol–water partition coefficient (Wildman–Crippen LogP) is 3.12. The van der Waals surface area contributed by atoms with Crippen LogP contribution in [0.25, 0.3) is 0 Å². The highest BCUT2D eigenvalue weighted by atomic mass is 19.1. The number of carbonyl (C=O) groups excluding carboxylic acids is 2. The topological polar surface area (TPSA) is 59.1 Å². The number of hydrogen-bond acceptors (Lipinski definition) is 5. The summed E-state index contributed by atoms with van der Waals surface area (Å²) in [6.45, 7) is 10.2. The van der Waals surface area contributed by atoms with Crippen LogP contribution in [0.4, 0.5) is 14.9 Å². The number of piperazine rings is 1. The van der Waals surface area contributed by atoms with Crippen molar-refractivity contribution >= 4 is 17.7 Å². The predicted molar refractivity (Wildman–Crippen MR) is 96.7 cm³/mol. The van der Waals surface area contributed by atoms with Crippen LogP contribution in [0, 0.1) is 12.7 Å². The van der Waals surface area contributed by atoms with E-state index in [4.69, 9.17) is 9.47 Å². The molecule has 1 aromatic rings. The summed E-state index contributed by atoms with van der Waals surface area (Å²) < 4.78 is 24.0. The number of amides is 1. The number of carbonyl (C=O) groups is 2. The molecule has 1 unspecified atom stereocenters. The first-order valence-electron chi connectivity index (χ1n) is 8.79. The van der Waals surface area contributed by atoms with Crippen LogP contribution in [-0.2, 0) is 14.3 Å². The molecule has 144 valence electrons. The zero-order valence-electron chi connectivity index (χ0n) is 16.0. The second-order valence-electron chi connectivity index (χ2n) is 7.32. The molecule has 1 heterocycles. The normalized spacial score (nSPS) is 17.8. The molecule has 0 spiro atoms. The van der Waals surface area contributed by atoms with E-state index in [2.05, 4.69) is 0 Å². The number of hydrogen-bond donors (Lipinski definition) is 0. The van der Waals surface area contributed by atoms with Gasteiger partial charge in [-0.15, -0.1) is 0 Å². The summed E-state index contributed by atoms with van der Waals surface area (Å²) in [7, 11) is 0. The van der Waals surface area contributed by atoms with Gasteiger partial charge in [0.2, 0.25) is 0 Å². The lowest BCUT2D eigenvalue weighted by Gasteiger charge is -2.42. The molecule has 1 fully saturated rings. The van der Waals surface area contributed by atoms with Crippen LogP contribution in [0.3, 0.4) is 0 Å². The summed E-state index contributed by atoms with van der Waals surface area (Å²) in [5.74, 6) is -0.740. The van der Waals surface area contributed by atoms with Gasteiger partial charge in [-0.25, -0.2) is 14.0 Å². The number of anilines is 1. The van der Waals surface area contributed by atoms with Crippen LogP contribution in [0.2, 0.25) is 0 Å². The van der Waals surface area contributed by atoms with Crippen molar-refractivity contribution < 1.29 is 23.5 Å². The van der Waals surface area contributed by atoms with Gasteiger partial charge >= 0.3 is 12.1 Å². The highest BCUT2D eigenvalue weighted by molar-refractivity contribution is 5.82. The van der Waals surface area contributed by atoms with E-state index >= 15 is 0 Å². The molecule has 2 rings (SSSR count). The average Bonchev–Trinajstić information content (AvgIpc) is 2.53. The molecule has 26 heavy (non-hydrogen) atoms. The maximum absolute atomic E-state index is 13.4. The van der Waals surface area contributed by atoms with Gasteiger partial charge in [0, 0.05) is 18.8 Å². The molecule has 0 aromatic heterocycles. The van der Waals surface area contributed by atoms with Crippen molar-refractivity contribution in [1.29, 1.82) is 0 Å². The molecule has 1 saturated heterocycles. The molecular weight excluding hydrogens is 339 g/mol. The van der Waals surface area contributed by atoms with E-state index in [1.807, 2.05) is 4.90 Å². The third kappa shape index (κ3) is 4.86. The third-order valence-corrected chi connectivity index (χ3v) is 4.06. The van der Waals surface area contributed by atoms with Gasteiger partial charge in [-0.2, -0.15) is 0 Å². The van der Waals surface area contributed by atoms with E-state index in [0.29, 0.717) is 13.1 Å². The largest absolute Gasteiger partial charge is 0.464 e. The second kappa shape index (κ2) is 7.93. The van der Waals surface area contributed by atoms with Gasteiger partial charge in [0.25, 0.3) is 0 Å².